The minimum Gasteiger partial charge on any atom is -0.527 e. The number of aromatic nitrogens is 2. The zero-order chi connectivity index (χ0) is 12.1. The van der Waals surface area contributed by atoms with Crippen LogP contribution in [0.25, 0.3) is 11.0 Å². The molecule has 1 aromatic heterocycles. The summed E-state index contributed by atoms with van der Waals surface area (Å²) < 4.78 is 4.94. The van der Waals surface area contributed by atoms with Crippen molar-refractivity contribution < 1.29 is 14.3 Å². The Bertz CT molecular complexity index is 541. The van der Waals surface area contributed by atoms with Crippen molar-refractivity contribution in [1.29, 1.82) is 0 Å². The number of carbonyl (C=O) groups is 1. The predicted octanol–water partition coefficient (Wildman–Crippen LogP) is 0.376. The van der Waals surface area contributed by atoms with Crippen LogP contribution in [0.15, 0.2) is 24.5 Å². The van der Waals surface area contributed by atoms with Gasteiger partial charge in [-0.2, -0.15) is 6.41 Å². The van der Waals surface area contributed by atoms with Crippen LogP contribution in [-0.2, 0) is 9.53 Å². The molecule has 6 nitrogen and oxygen atoms in total. The van der Waals surface area contributed by atoms with Gasteiger partial charge in [-0.1, -0.05) is 0 Å². The van der Waals surface area contributed by atoms with E-state index in [-0.39, 0.29) is 13.2 Å². The van der Waals surface area contributed by atoms with Crippen LogP contribution in [0.3, 0.4) is 0 Å². The third kappa shape index (κ3) is 2.60. The summed E-state index contributed by atoms with van der Waals surface area (Å²) in [5.41, 5.74) is 2.01. The summed E-state index contributed by atoms with van der Waals surface area (Å²) in [6.45, 7) is 0.372. The van der Waals surface area contributed by atoms with Gasteiger partial charge in [0.2, 0.25) is 0 Å². The number of esters is 1. The van der Waals surface area contributed by atoms with Crippen LogP contribution in [0.4, 0.5) is 0 Å². The Morgan fingerprint density at radius 1 is 1.50 bits per heavy atom. The third-order valence-electron chi connectivity index (χ3n) is 2.19. The van der Waals surface area contributed by atoms with E-state index in [1.165, 1.54) is 6.41 Å². The number of nitrogens with zero attached hydrogens (tertiary/aromatic N) is 1. The number of imidazole rings is 1. The first-order valence-electron chi connectivity index (χ1n) is 5.01. The fraction of sp³-hybridized carbons (Fsp3) is 0.182. The molecular formula is C11H10N3O3Rf-. The molecule has 90 valence electrons. The molecule has 2 rings (SSSR count). The van der Waals surface area contributed by atoms with Crippen LogP contribution in [0.2, 0.25) is 0 Å². The largest absolute Gasteiger partial charge is 0.527 e. The van der Waals surface area contributed by atoms with Crippen molar-refractivity contribution in [3.05, 3.63) is 30.1 Å². The summed E-state index contributed by atoms with van der Waals surface area (Å²) in [6, 6.07) is 5.05. The van der Waals surface area contributed by atoms with E-state index < -0.39 is 5.97 Å². The summed E-state index contributed by atoms with van der Waals surface area (Å²) in [5.74, 6) is -0.436. The molecule has 0 unspecified atom stereocenters. The number of rotatable bonds is 5. The Kier molecular flexibility index (Phi) is 3.98. The molecule has 7 heteroatoms. The van der Waals surface area contributed by atoms with Gasteiger partial charge in [0, 0.05) is 6.54 Å². The van der Waals surface area contributed by atoms with Gasteiger partial charge < -0.3 is 19.8 Å². The number of fused-ring (bicyclic) bond motifs is 1. The van der Waals surface area contributed by atoms with Crippen molar-refractivity contribution in [2.75, 3.05) is 13.2 Å². The smallest absolute Gasteiger partial charge is 0.338 e. The first kappa shape index (κ1) is 12.7. The van der Waals surface area contributed by atoms with Gasteiger partial charge in [-0.3, -0.25) is 0 Å². The van der Waals surface area contributed by atoms with Gasteiger partial charge in [-0.05, 0) is 18.2 Å². The molecule has 0 saturated carbocycles. The Balaban J connectivity index is 0.00000162. The predicted molar refractivity (Wildman–Crippen MR) is 60.1 cm³/mol. The van der Waals surface area contributed by atoms with Crippen LogP contribution in [-0.4, -0.2) is 35.5 Å². The molecule has 0 atom stereocenters. The fourth-order valence-electron chi connectivity index (χ4n) is 1.39. The number of aromatic amines is 1. The van der Waals surface area contributed by atoms with Gasteiger partial charge in [0.15, 0.2) is 0 Å². The molecule has 0 spiro atoms. The van der Waals surface area contributed by atoms with Gasteiger partial charge in [0.25, 0.3) is 0 Å². The number of carbonyl (C=O) groups excluding carboxylic acids is 2. The Morgan fingerprint density at radius 3 is 3.11 bits per heavy atom. The molecule has 0 saturated heterocycles. The molecule has 0 aliphatic carbocycles. The number of benzene rings is 1. The standard InChI is InChI=1S/C11H10N3O3.Rf/c15-7-12-3-4-17-11(16)8-1-2-9-10(5-8)14-6-13-9;/h1-2,5-6H,3-4H2,(H,12,15)(H,13,14);/q-1;. The molecule has 0 fully saturated rings. The van der Waals surface area contributed by atoms with Crippen LogP contribution < -0.4 is 5.32 Å². The normalized spacial score (nSPS) is 9.56. The molecule has 2 aromatic rings. The second-order valence-electron chi connectivity index (χ2n) is 3.30. The van der Waals surface area contributed by atoms with Crippen molar-refractivity contribution in [2.45, 2.75) is 0 Å². The van der Waals surface area contributed by atoms with Crippen LogP contribution in [0.1, 0.15) is 10.4 Å². The Morgan fingerprint density at radius 2 is 2.33 bits per heavy atom. The summed E-state index contributed by atoms with van der Waals surface area (Å²) in [4.78, 5) is 28.4. The number of hydrogen-bond acceptors (Lipinski definition) is 4. The molecule has 18 heavy (non-hydrogen) atoms. The topological polar surface area (TPSA) is 84.1 Å². The minimum absolute atomic E-state index is 0. The molecule has 0 aliphatic rings. The first-order valence-corrected chi connectivity index (χ1v) is 5.01. The molecule has 2 N–H and O–H groups in total. The second kappa shape index (κ2) is 5.64. The van der Waals surface area contributed by atoms with Gasteiger partial charge in [0.05, 0.1) is 22.9 Å². The maximum atomic E-state index is 11.6. The van der Waals surface area contributed by atoms with Gasteiger partial charge in [0.1, 0.15) is 6.61 Å². The van der Waals surface area contributed by atoms with E-state index in [1.807, 2.05) is 0 Å². The van der Waals surface area contributed by atoms with Crippen molar-refractivity contribution in [1.82, 2.24) is 15.3 Å². The summed E-state index contributed by atoms with van der Waals surface area (Å²) >= 11 is 0. The van der Waals surface area contributed by atoms with E-state index in [1.54, 1.807) is 24.5 Å². The quantitative estimate of drug-likeness (QED) is 0.270. The van der Waals surface area contributed by atoms with E-state index in [0.29, 0.717) is 5.56 Å². The van der Waals surface area contributed by atoms with Gasteiger partial charge in [-0.15, -0.1) is 0 Å². The van der Waals surface area contributed by atoms with Crippen LogP contribution in [0, 0.1) is 0 Å². The van der Waals surface area contributed by atoms with E-state index in [0.717, 1.165) is 11.0 Å². The maximum Gasteiger partial charge on any atom is 0.338 e. The summed E-state index contributed by atoms with van der Waals surface area (Å²) in [7, 11) is 0. The number of nitrogens with one attached hydrogen (secondary N) is 2. The number of amides is 1. The van der Waals surface area contributed by atoms with E-state index in [2.05, 4.69) is 15.3 Å². The summed E-state index contributed by atoms with van der Waals surface area (Å²) in [6.07, 6.45) is 3.06. The van der Waals surface area contributed by atoms with Crippen molar-refractivity contribution in [2.24, 2.45) is 0 Å². The average molecular weight is 499 g/mol. The number of H-pyrrole nitrogens is 1. The Labute approximate surface area is 97.0 Å². The molecule has 0 aliphatic heterocycles. The zero-order valence-electron chi connectivity index (χ0n) is 9.60. The van der Waals surface area contributed by atoms with E-state index >= 15 is 0 Å². The first-order chi connectivity index (χ1) is 8.31. The zero-order valence-corrected chi connectivity index (χ0v) is 16.0. The molecule has 1 amide bonds. The van der Waals surface area contributed by atoms with Crippen molar-refractivity contribution in [3.63, 3.8) is 0 Å². The minimum atomic E-state index is -0.436. The molecule has 0 bridgehead atoms. The van der Waals surface area contributed by atoms with Gasteiger partial charge in [-0.25, -0.2) is 9.78 Å². The second-order valence-corrected chi connectivity index (χ2v) is 3.30. The Hall–Kier alpha value is -3.37. The maximum absolute atomic E-state index is 11.6. The van der Waals surface area contributed by atoms with Gasteiger partial charge >= 0.3 is 5.97 Å². The molecule has 1 heterocycles. The average Bonchev–Trinajstić information content (AvgIpc) is 2.81. The van der Waals surface area contributed by atoms with Crippen molar-refractivity contribution in [3.8, 4) is 0 Å². The van der Waals surface area contributed by atoms with Crippen LogP contribution >= 0.6 is 0 Å². The van der Waals surface area contributed by atoms with Crippen molar-refractivity contribution >= 4 is 23.4 Å². The van der Waals surface area contributed by atoms with E-state index in [4.69, 9.17) is 4.74 Å². The van der Waals surface area contributed by atoms with E-state index in [9.17, 15) is 9.59 Å². The summed E-state index contributed by atoms with van der Waals surface area (Å²) in [5, 5.41) is 2.28. The monoisotopic (exact) mass is 499 g/mol. The van der Waals surface area contributed by atoms with Crippen LogP contribution in [0.5, 0.6) is 0 Å². The SMILES string of the molecule is O=[C-]NCCOC(=O)c1ccc2nc[nH]c2c1.[Rf]. The number of hydrogen-bond donors (Lipinski definition) is 2. The molecule has 1 aromatic carbocycles. The molecular weight excluding hydrogens is 489 g/mol. The number of ether oxygens (including phenoxy) is 1. The third-order valence-corrected chi connectivity index (χ3v) is 2.19. The fourth-order valence-corrected chi connectivity index (χ4v) is 1.39. The molecule has 0 radical (unpaired) electrons.